The van der Waals surface area contributed by atoms with E-state index in [9.17, 15) is 0 Å². The van der Waals surface area contributed by atoms with Crippen LogP contribution in [0.2, 0.25) is 0 Å². The highest BCUT2D eigenvalue weighted by atomic mass is 32.1. The van der Waals surface area contributed by atoms with Crippen LogP contribution in [0.25, 0.3) is 0 Å². The second kappa shape index (κ2) is 9.88. The van der Waals surface area contributed by atoms with E-state index in [1.165, 1.54) is 0 Å². The first-order valence-electron chi connectivity index (χ1n) is 8.31. The van der Waals surface area contributed by atoms with Crippen LogP contribution >= 0.6 is 11.3 Å². The molecule has 0 amide bonds. The van der Waals surface area contributed by atoms with Gasteiger partial charge in [0, 0.05) is 31.9 Å². The van der Waals surface area contributed by atoms with Crippen LogP contribution in [0.5, 0.6) is 11.5 Å². The molecule has 25 heavy (non-hydrogen) atoms. The molecule has 0 aliphatic heterocycles. The van der Waals surface area contributed by atoms with E-state index in [0.29, 0.717) is 13.2 Å². The van der Waals surface area contributed by atoms with Gasteiger partial charge in [0.15, 0.2) is 17.5 Å². The average Bonchev–Trinajstić information content (AvgIpc) is 3.04. The maximum atomic E-state index is 5.54. The minimum Gasteiger partial charge on any atom is -0.493 e. The fourth-order valence-electron chi connectivity index (χ4n) is 2.34. The van der Waals surface area contributed by atoms with Crippen molar-refractivity contribution in [2.75, 3.05) is 27.3 Å². The Morgan fingerprint density at radius 2 is 2.12 bits per heavy atom. The van der Waals surface area contributed by atoms with Gasteiger partial charge < -0.3 is 20.1 Å². The molecule has 1 heterocycles. The summed E-state index contributed by atoms with van der Waals surface area (Å²) in [6, 6.07) is 5.93. The lowest BCUT2D eigenvalue weighted by Gasteiger charge is -2.14. The third-order valence-electron chi connectivity index (χ3n) is 3.55. The minimum atomic E-state index is 0.614. The molecule has 0 spiro atoms. The zero-order chi connectivity index (χ0) is 18.1. The van der Waals surface area contributed by atoms with E-state index < -0.39 is 0 Å². The number of ether oxygens (including phenoxy) is 2. The summed E-state index contributed by atoms with van der Waals surface area (Å²) < 4.78 is 10.9. The molecule has 2 N–H and O–H groups in total. The van der Waals surface area contributed by atoms with Crippen molar-refractivity contribution in [2.24, 2.45) is 4.99 Å². The number of nitrogens with one attached hydrogen (secondary N) is 2. The van der Waals surface area contributed by atoms with Crippen molar-refractivity contribution >= 4 is 17.3 Å². The number of methoxy groups -OCH3 is 1. The zero-order valence-corrected chi connectivity index (χ0v) is 16.1. The first-order chi connectivity index (χ1) is 12.2. The van der Waals surface area contributed by atoms with Gasteiger partial charge in [0.1, 0.15) is 0 Å². The molecule has 0 saturated carbocycles. The van der Waals surface area contributed by atoms with Crippen molar-refractivity contribution in [3.05, 3.63) is 39.8 Å². The quantitative estimate of drug-likeness (QED) is 0.558. The fourth-order valence-corrected chi connectivity index (χ4v) is 2.98. The van der Waals surface area contributed by atoms with Gasteiger partial charge in [0.05, 0.1) is 24.4 Å². The molecule has 2 rings (SSSR count). The summed E-state index contributed by atoms with van der Waals surface area (Å²) in [6.45, 7) is 6.03. The van der Waals surface area contributed by atoms with Crippen LogP contribution < -0.4 is 20.1 Å². The SMILES string of the molecule is CCOc1ccc(CNC(=NC)NCCc2csc(C)n2)cc1OC. The van der Waals surface area contributed by atoms with Gasteiger partial charge in [-0.25, -0.2) is 4.98 Å². The molecule has 0 atom stereocenters. The normalized spacial score (nSPS) is 11.3. The third-order valence-corrected chi connectivity index (χ3v) is 4.37. The van der Waals surface area contributed by atoms with Crippen LogP contribution in [-0.4, -0.2) is 38.3 Å². The van der Waals surface area contributed by atoms with E-state index in [0.717, 1.165) is 46.7 Å². The van der Waals surface area contributed by atoms with Crippen LogP contribution in [0.3, 0.4) is 0 Å². The Morgan fingerprint density at radius 1 is 1.28 bits per heavy atom. The third kappa shape index (κ3) is 5.94. The lowest BCUT2D eigenvalue weighted by Crippen LogP contribution is -2.37. The topological polar surface area (TPSA) is 67.8 Å². The highest BCUT2D eigenvalue weighted by molar-refractivity contribution is 7.09. The van der Waals surface area contributed by atoms with Crippen LogP contribution in [0.4, 0.5) is 0 Å². The summed E-state index contributed by atoms with van der Waals surface area (Å²) in [4.78, 5) is 8.71. The summed E-state index contributed by atoms with van der Waals surface area (Å²) in [7, 11) is 3.41. The predicted octanol–water partition coefficient (Wildman–Crippen LogP) is 2.77. The van der Waals surface area contributed by atoms with Crippen molar-refractivity contribution in [2.45, 2.75) is 26.8 Å². The lowest BCUT2D eigenvalue weighted by molar-refractivity contribution is 0.310. The average molecular weight is 362 g/mol. The van der Waals surface area contributed by atoms with Gasteiger partial charge in [-0.2, -0.15) is 0 Å². The van der Waals surface area contributed by atoms with Crippen LogP contribution in [0.1, 0.15) is 23.2 Å². The Kier molecular flexibility index (Phi) is 7.53. The summed E-state index contributed by atoms with van der Waals surface area (Å²) in [5.41, 5.74) is 2.21. The van der Waals surface area contributed by atoms with E-state index in [1.54, 1.807) is 25.5 Å². The molecule has 1 aromatic heterocycles. The van der Waals surface area contributed by atoms with Gasteiger partial charge in [-0.05, 0) is 31.5 Å². The van der Waals surface area contributed by atoms with Gasteiger partial charge in [0.2, 0.25) is 0 Å². The van der Waals surface area contributed by atoms with Gasteiger partial charge in [-0.15, -0.1) is 11.3 Å². The molecule has 0 radical (unpaired) electrons. The number of thiazole rings is 1. The Morgan fingerprint density at radius 3 is 2.76 bits per heavy atom. The van der Waals surface area contributed by atoms with Gasteiger partial charge in [-0.3, -0.25) is 4.99 Å². The van der Waals surface area contributed by atoms with Gasteiger partial charge in [0.25, 0.3) is 0 Å². The van der Waals surface area contributed by atoms with E-state index >= 15 is 0 Å². The molecular formula is C18H26N4O2S. The number of guanidine groups is 1. The second-order valence-corrected chi connectivity index (χ2v) is 6.44. The number of rotatable bonds is 8. The van der Waals surface area contributed by atoms with E-state index in [2.05, 4.69) is 26.0 Å². The Balaban J connectivity index is 1.83. The Bertz CT molecular complexity index is 700. The molecule has 6 nitrogen and oxygen atoms in total. The number of aryl methyl sites for hydroxylation is 1. The molecule has 2 aromatic rings. The number of aromatic nitrogens is 1. The summed E-state index contributed by atoms with van der Waals surface area (Å²) >= 11 is 1.68. The first kappa shape index (κ1) is 19.1. The smallest absolute Gasteiger partial charge is 0.191 e. The zero-order valence-electron chi connectivity index (χ0n) is 15.3. The van der Waals surface area contributed by atoms with Crippen LogP contribution in [0, 0.1) is 6.92 Å². The molecule has 0 fully saturated rings. The summed E-state index contributed by atoms with van der Waals surface area (Å²) in [5.74, 6) is 2.26. The molecule has 0 aliphatic carbocycles. The van der Waals surface area contributed by atoms with Crippen molar-refractivity contribution < 1.29 is 9.47 Å². The minimum absolute atomic E-state index is 0.614. The Hall–Kier alpha value is -2.28. The fraction of sp³-hybridized carbons (Fsp3) is 0.444. The summed E-state index contributed by atoms with van der Waals surface area (Å²) in [5, 5.41) is 9.81. The number of hydrogen-bond acceptors (Lipinski definition) is 5. The van der Waals surface area contributed by atoms with Crippen molar-refractivity contribution in [1.82, 2.24) is 15.6 Å². The van der Waals surface area contributed by atoms with E-state index in [4.69, 9.17) is 9.47 Å². The maximum Gasteiger partial charge on any atom is 0.191 e. The van der Waals surface area contributed by atoms with Crippen LogP contribution in [0.15, 0.2) is 28.6 Å². The molecule has 7 heteroatoms. The van der Waals surface area contributed by atoms with Gasteiger partial charge >= 0.3 is 0 Å². The molecule has 0 saturated heterocycles. The number of nitrogens with zero attached hydrogens (tertiary/aromatic N) is 2. The monoisotopic (exact) mass is 362 g/mol. The highest BCUT2D eigenvalue weighted by Gasteiger charge is 2.06. The first-order valence-corrected chi connectivity index (χ1v) is 9.19. The second-order valence-electron chi connectivity index (χ2n) is 5.38. The van der Waals surface area contributed by atoms with Crippen LogP contribution in [-0.2, 0) is 13.0 Å². The molecule has 0 aliphatic rings. The van der Waals surface area contributed by atoms with E-state index in [1.807, 2.05) is 32.0 Å². The number of aliphatic imine (C=N–C) groups is 1. The van der Waals surface area contributed by atoms with Crippen molar-refractivity contribution in [3.63, 3.8) is 0 Å². The molecular weight excluding hydrogens is 336 g/mol. The predicted molar refractivity (Wildman–Crippen MR) is 103 cm³/mol. The Labute approximate surface area is 153 Å². The van der Waals surface area contributed by atoms with E-state index in [-0.39, 0.29) is 0 Å². The van der Waals surface area contributed by atoms with Crippen molar-refractivity contribution in [3.8, 4) is 11.5 Å². The molecule has 0 bridgehead atoms. The summed E-state index contributed by atoms with van der Waals surface area (Å²) in [6.07, 6.45) is 0.877. The lowest BCUT2D eigenvalue weighted by atomic mass is 10.2. The number of hydrogen-bond donors (Lipinski definition) is 2. The number of benzene rings is 1. The largest absolute Gasteiger partial charge is 0.493 e. The van der Waals surface area contributed by atoms with Crippen molar-refractivity contribution in [1.29, 1.82) is 0 Å². The molecule has 0 unspecified atom stereocenters. The standard InChI is InChI=1S/C18H26N4O2S/c1-5-24-16-7-6-14(10-17(16)23-4)11-21-18(19-3)20-9-8-15-12-25-13(2)22-15/h6-7,10,12H,5,8-9,11H2,1-4H3,(H2,19,20,21). The highest BCUT2D eigenvalue weighted by Crippen LogP contribution is 2.27. The molecule has 1 aromatic carbocycles. The maximum absolute atomic E-state index is 5.54. The molecule has 136 valence electrons. The van der Waals surface area contributed by atoms with Gasteiger partial charge in [-0.1, -0.05) is 6.07 Å².